The van der Waals surface area contributed by atoms with Crippen LogP contribution < -0.4 is 4.74 Å². The van der Waals surface area contributed by atoms with Crippen LogP contribution in [0.1, 0.15) is 21.6 Å². The summed E-state index contributed by atoms with van der Waals surface area (Å²) in [5.41, 5.74) is 1.99. The first-order chi connectivity index (χ1) is 9.02. The van der Waals surface area contributed by atoms with Crippen LogP contribution >= 0.6 is 0 Å². The summed E-state index contributed by atoms with van der Waals surface area (Å²) in [6, 6.07) is 4.53. The van der Waals surface area contributed by atoms with E-state index in [0.717, 1.165) is 5.69 Å². The van der Waals surface area contributed by atoms with Crippen molar-refractivity contribution < 1.29 is 13.9 Å². The molecule has 1 aromatic heterocycles. The molecule has 0 spiro atoms. The predicted molar refractivity (Wildman–Crippen MR) is 68.9 cm³/mol. The van der Waals surface area contributed by atoms with Crippen molar-refractivity contribution in [3.8, 4) is 5.75 Å². The third-order valence-electron chi connectivity index (χ3n) is 3.12. The van der Waals surface area contributed by atoms with Gasteiger partial charge in [0.15, 0.2) is 17.3 Å². The van der Waals surface area contributed by atoms with Gasteiger partial charge in [0.1, 0.15) is 0 Å². The molecule has 0 fully saturated rings. The van der Waals surface area contributed by atoms with Crippen LogP contribution in [0.4, 0.5) is 4.39 Å². The van der Waals surface area contributed by atoms with Crippen molar-refractivity contribution in [1.82, 2.24) is 9.78 Å². The Labute approximate surface area is 110 Å². The van der Waals surface area contributed by atoms with Crippen LogP contribution in [0.25, 0.3) is 0 Å². The second-order valence-electron chi connectivity index (χ2n) is 4.34. The number of benzene rings is 1. The summed E-state index contributed by atoms with van der Waals surface area (Å²) in [5, 5.41) is 4.03. The van der Waals surface area contributed by atoms with E-state index in [1.807, 2.05) is 6.92 Å². The second-order valence-corrected chi connectivity index (χ2v) is 4.34. The van der Waals surface area contributed by atoms with E-state index < -0.39 is 5.82 Å². The van der Waals surface area contributed by atoms with Gasteiger partial charge < -0.3 is 4.74 Å². The fourth-order valence-corrected chi connectivity index (χ4v) is 1.87. The number of aromatic nitrogens is 2. The predicted octanol–water partition coefficient (Wildman–Crippen LogP) is 2.30. The summed E-state index contributed by atoms with van der Waals surface area (Å²) in [6.07, 6.45) is 1.69. The van der Waals surface area contributed by atoms with Crippen molar-refractivity contribution in [2.24, 2.45) is 7.05 Å². The number of ketones is 1. The Bertz CT molecular complexity index is 620. The molecule has 0 atom stereocenters. The fourth-order valence-electron chi connectivity index (χ4n) is 1.87. The Morgan fingerprint density at radius 2 is 2.21 bits per heavy atom. The molecule has 0 N–H and O–H groups in total. The van der Waals surface area contributed by atoms with E-state index in [1.54, 1.807) is 17.8 Å². The zero-order valence-corrected chi connectivity index (χ0v) is 11.1. The molecule has 0 unspecified atom stereocenters. The van der Waals surface area contributed by atoms with Gasteiger partial charge in [-0.25, -0.2) is 4.39 Å². The normalized spacial score (nSPS) is 10.5. The molecule has 2 aromatic rings. The van der Waals surface area contributed by atoms with Gasteiger partial charge >= 0.3 is 0 Å². The number of Topliss-reactive ketones (excluding diaryl/α,β-unsaturated/α-hetero) is 1. The van der Waals surface area contributed by atoms with Crippen molar-refractivity contribution in [3.05, 3.63) is 47.0 Å². The highest BCUT2D eigenvalue weighted by atomic mass is 19.1. The lowest BCUT2D eigenvalue weighted by Crippen LogP contribution is -2.06. The summed E-state index contributed by atoms with van der Waals surface area (Å²) in [7, 11) is 3.18. The number of ether oxygens (including phenoxy) is 1. The highest BCUT2D eigenvalue weighted by Gasteiger charge is 2.14. The second kappa shape index (κ2) is 5.22. The van der Waals surface area contributed by atoms with Crippen LogP contribution in [0.2, 0.25) is 0 Å². The molecule has 0 saturated carbocycles. The number of aryl methyl sites for hydroxylation is 1. The molecule has 2 rings (SSSR count). The zero-order chi connectivity index (χ0) is 14.0. The maximum atomic E-state index is 13.5. The van der Waals surface area contributed by atoms with Gasteiger partial charge in [0, 0.05) is 19.2 Å². The summed E-state index contributed by atoms with van der Waals surface area (Å²) in [5.74, 6) is -0.361. The molecule has 0 bridgehead atoms. The first-order valence-electron chi connectivity index (χ1n) is 5.87. The lowest BCUT2D eigenvalue weighted by Gasteiger charge is -2.05. The molecular formula is C14H15FN2O2. The van der Waals surface area contributed by atoms with Crippen LogP contribution in [0.5, 0.6) is 5.75 Å². The molecule has 4 nitrogen and oxygen atoms in total. The van der Waals surface area contributed by atoms with E-state index in [0.29, 0.717) is 11.1 Å². The topological polar surface area (TPSA) is 44.1 Å². The first-order valence-corrected chi connectivity index (χ1v) is 5.87. The molecule has 0 aliphatic heterocycles. The van der Waals surface area contributed by atoms with Gasteiger partial charge in [-0.05, 0) is 24.6 Å². The molecule has 0 aliphatic carbocycles. The van der Waals surface area contributed by atoms with Gasteiger partial charge in [-0.1, -0.05) is 6.07 Å². The van der Waals surface area contributed by atoms with Crippen molar-refractivity contribution in [2.45, 2.75) is 13.3 Å². The fraction of sp³-hybridized carbons (Fsp3) is 0.286. The standard InChI is InChI=1S/C14H15FN2O2/c1-9-11(8-16-17(9)2)13(18)7-10-4-5-14(19-3)12(15)6-10/h4-6,8H,7H2,1-3H3. The number of hydrogen-bond acceptors (Lipinski definition) is 3. The third kappa shape index (κ3) is 2.65. The Balaban J connectivity index is 2.19. The molecule has 0 saturated heterocycles. The van der Waals surface area contributed by atoms with Crippen LogP contribution in [-0.4, -0.2) is 22.7 Å². The number of nitrogens with zero attached hydrogens (tertiary/aromatic N) is 2. The molecule has 5 heteroatoms. The molecule has 19 heavy (non-hydrogen) atoms. The average molecular weight is 262 g/mol. The van der Waals surface area contributed by atoms with Gasteiger partial charge in [-0.15, -0.1) is 0 Å². The lowest BCUT2D eigenvalue weighted by molar-refractivity contribution is 0.0992. The van der Waals surface area contributed by atoms with Crippen molar-refractivity contribution >= 4 is 5.78 Å². The number of halogens is 1. The minimum atomic E-state index is -0.462. The summed E-state index contributed by atoms with van der Waals surface area (Å²) in [6.45, 7) is 1.83. The third-order valence-corrected chi connectivity index (χ3v) is 3.12. The maximum Gasteiger partial charge on any atom is 0.170 e. The molecule has 100 valence electrons. The highest BCUT2D eigenvalue weighted by molar-refractivity contribution is 5.98. The van der Waals surface area contributed by atoms with Crippen LogP contribution in [0.15, 0.2) is 24.4 Å². The Morgan fingerprint density at radius 3 is 2.74 bits per heavy atom. The monoisotopic (exact) mass is 262 g/mol. The van der Waals surface area contributed by atoms with Crippen molar-refractivity contribution in [1.29, 1.82) is 0 Å². The van der Waals surface area contributed by atoms with Gasteiger partial charge in [-0.2, -0.15) is 5.10 Å². The molecule has 0 radical (unpaired) electrons. The van der Waals surface area contributed by atoms with E-state index in [9.17, 15) is 9.18 Å². The molecule has 1 heterocycles. The van der Waals surface area contributed by atoms with Crippen LogP contribution in [0.3, 0.4) is 0 Å². The smallest absolute Gasteiger partial charge is 0.170 e. The van der Waals surface area contributed by atoms with Gasteiger partial charge in [0.2, 0.25) is 0 Å². The van der Waals surface area contributed by atoms with Gasteiger partial charge in [-0.3, -0.25) is 9.48 Å². The summed E-state index contributed by atoms with van der Waals surface area (Å²) < 4.78 is 20.0. The number of hydrogen-bond donors (Lipinski definition) is 0. The number of carbonyl (C=O) groups excluding carboxylic acids is 1. The quantitative estimate of drug-likeness (QED) is 0.794. The average Bonchev–Trinajstić information content (AvgIpc) is 2.70. The van der Waals surface area contributed by atoms with Crippen LogP contribution in [-0.2, 0) is 13.5 Å². The maximum absolute atomic E-state index is 13.5. The van der Waals surface area contributed by atoms with E-state index in [2.05, 4.69) is 5.10 Å². The minimum Gasteiger partial charge on any atom is -0.494 e. The lowest BCUT2D eigenvalue weighted by atomic mass is 10.0. The highest BCUT2D eigenvalue weighted by Crippen LogP contribution is 2.19. The number of methoxy groups -OCH3 is 1. The van der Waals surface area contributed by atoms with E-state index in [-0.39, 0.29) is 18.0 Å². The van der Waals surface area contributed by atoms with E-state index >= 15 is 0 Å². The van der Waals surface area contributed by atoms with Crippen molar-refractivity contribution in [3.63, 3.8) is 0 Å². The van der Waals surface area contributed by atoms with E-state index in [1.165, 1.54) is 25.4 Å². The largest absolute Gasteiger partial charge is 0.494 e. The van der Waals surface area contributed by atoms with Crippen LogP contribution in [0, 0.1) is 12.7 Å². The summed E-state index contributed by atoms with van der Waals surface area (Å²) >= 11 is 0. The molecule has 1 aromatic carbocycles. The molecular weight excluding hydrogens is 247 g/mol. The SMILES string of the molecule is COc1ccc(CC(=O)c2cnn(C)c2C)cc1F. The molecule has 0 aliphatic rings. The van der Waals surface area contributed by atoms with Gasteiger partial charge in [0.25, 0.3) is 0 Å². The Kier molecular flexibility index (Phi) is 3.64. The Morgan fingerprint density at radius 1 is 1.47 bits per heavy atom. The van der Waals surface area contributed by atoms with Crippen molar-refractivity contribution in [2.75, 3.05) is 7.11 Å². The first kappa shape index (κ1) is 13.3. The Hall–Kier alpha value is -2.17. The zero-order valence-electron chi connectivity index (χ0n) is 11.1. The molecule has 0 amide bonds. The number of rotatable bonds is 4. The summed E-state index contributed by atoms with van der Waals surface area (Å²) in [4.78, 5) is 12.1. The van der Waals surface area contributed by atoms with Gasteiger partial charge in [0.05, 0.1) is 18.9 Å². The minimum absolute atomic E-state index is 0.0739. The van der Waals surface area contributed by atoms with E-state index in [4.69, 9.17) is 4.74 Å². The number of carbonyl (C=O) groups is 1.